The number of unbranched alkanes of at least 4 members (excludes halogenated alkanes) is 1. The third-order valence-corrected chi connectivity index (χ3v) is 4.01. The molecule has 112 valence electrons. The number of nitrogens with zero attached hydrogens (tertiary/aromatic N) is 2. The first-order chi connectivity index (χ1) is 10.9. The predicted molar refractivity (Wildman–Crippen MR) is 89.7 cm³/mol. The Kier molecular flexibility index (Phi) is 4.69. The molecule has 22 heavy (non-hydrogen) atoms. The summed E-state index contributed by atoms with van der Waals surface area (Å²) in [6.45, 7) is 3.31. The molecule has 0 saturated heterocycles. The Balaban J connectivity index is 1.97. The smallest absolute Gasteiger partial charge is 0.237 e. The van der Waals surface area contributed by atoms with Gasteiger partial charge >= 0.3 is 0 Å². The third kappa shape index (κ3) is 3.28. The zero-order chi connectivity index (χ0) is 15.2. The van der Waals surface area contributed by atoms with Gasteiger partial charge in [0.05, 0.1) is 6.54 Å². The highest BCUT2D eigenvalue weighted by atomic mass is 15.1. The van der Waals surface area contributed by atoms with E-state index in [0.29, 0.717) is 0 Å². The summed E-state index contributed by atoms with van der Waals surface area (Å²) in [4.78, 5) is 0. The molecule has 0 spiro atoms. The van der Waals surface area contributed by atoms with E-state index in [9.17, 15) is 0 Å². The summed E-state index contributed by atoms with van der Waals surface area (Å²) < 4.78 is 4.59. The van der Waals surface area contributed by atoms with E-state index in [1.807, 2.05) is 0 Å². The van der Waals surface area contributed by atoms with E-state index in [1.54, 1.807) is 0 Å². The fourth-order valence-electron chi connectivity index (χ4n) is 2.84. The monoisotopic (exact) mass is 291 g/mol. The third-order valence-electron chi connectivity index (χ3n) is 4.01. The van der Waals surface area contributed by atoms with Crippen molar-refractivity contribution in [2.45, 2.75) is 32.4 Å². The molecular formula is C20H23N2+. The van der Waals surface area contributed by atoms with E-state index < -0.39 is 0 Å². The minimum atomic E-state index is 0.227. The van der Waals surface area contributed by atoms with Crippen LogP contribution in [0, 0.1) is 0 Å². The lowest BCUT2D eigenvalue weighted by Gasteiger charge is -2.14. The molecule has 0 bridgehead atoms. The van der Waals surface area contributed by atoms with E-state index in [1.165, 1.54) is 24.0 Å². The van der Waals surface area contributed by atoms with Crippen LogP contribution in [0.15, 0.2) is 79.4 Å². The molecule has 1 aromatic heterocycles. The van der Waals surface area contributed by atoms with Gasteiger partial charge in [0.25, 0.3) is 0 Å². The Morgan fingerprint density at radius 3 is 2.05 bits per heavy atom. The highest BCUT2D eigenvalue weighted by molar-refractivity contribution is 5.32. The fourth-order valence-corrected chi connectivity index (χ4v) is 2.84. The van der Waals surface area contributed by atoms with Crippen LogP contribution >= 0.6 is 0 Å². The average molecular weight is 291 g/mol. The number of aromatic nitrogens is 2. The number of rotatable bonds is 6. The quantitative estimate of drug-likeness (QED) is 0.601. The molecule has 0 fully saturated rings. The van der Waals surface area contributed by atoms with Gasteiger partial charge in [-0.05, 0) is 6.42 Å². The Bertz CT molecular complexity index is 646. The molecule has 0 saturated carbocycles. The normalized spacial score (nSPS) is 11.0. The molecule has 0 radical (unpaired) electrons. The van der Waals surface area contributed by atoms with Crippen molar-refractivity contribution in [1.82, 2.24) is 4.57 Å². The summed E-state index contributed by atoms with van der Waals surface area (Å²) in [5.74, 6) is 0. The summed E-state index contributed by atoms with van der Waals surface area (Å²) >= 11 is 0. The van der Waals surface area contributed by atoms with Crippen molar-refractivity contribution in [2.24, 2.45) is 0 Å². The number of hydrogen-bond donors (Lipinski definition) is 0. The van der Waals surface area contributed by atoms with Crippen molar-refractivity contribution in [3.8, 4) is 0 Å². The van der Waals surface area contributed by atoms with Crippen LogP contribution in [0.5, 0.6) is 0 Å². The zero-order valence-electron chi connectivity index (χ0n) is 13.1. The standard InChI is InChI=1S/C20H23N2/c1-2-3-14-21-15-16-22(17-21)20(18-10-6-4-7-11-18)19-12-8-5-9-13-19/h4-13,15-17,20H,2-3,14H2,1H3/q+1. The second-order valence-electron chi connectivity index (χ2n) is 5.68. The van der Waals surface area contributed by atoms with E-state index in [2.05, 4.69) is 95.4 Å². The van der Waals surface area contributed by atoms with Gasteiger partial charge in [-0.1, -0.05) is 74.0 Å². The zero-order valence-corrected chi connectivity index (χ0v) is 13.1. The maximum absolute atomic E-state index is 2.31. The summed E-state index contributed by atoms with van der Waals surface area (Å²) in [6.07, 6.45) is 9.02. The van der Waals surface area contributed by atoms with Crippen LogP contribution in [0.1, 0.15) is 36.9 Å². The number of benzene rings is 2. The van der Waals surface area contributed by atoms with Gasteiger partial charge in [0.2, 0.25) is 6.33 Å². The van der Waals surface area contributed by atoms with Crippen molar-refractivity contribution < 1.29 is 4.57 Å². The SMILES string of the molecule is CCCC[n+]1ccn(C(c2ccccc2)c2ccccc2)c1. The lowest BCUT2D eigenvalue weighted by molar-refractivity contribution is -0.696. The van der Waals surface area contributed by atoms with Crippen molar-refractivity contribution >= 4 is 0 Å². The molecule has 2 heteroatoms. The van der Waals surface area contributed by atoms with Crippen LogP contribution in [-0.4, -0.2) is 4.57 Å². The molecular weight excluding hydrogens is 268 g/mol. The summed E-state index contributed by atoms with van der Waals surface area (Å²) in [5.41, 5.74) is 2.62. The molecule has 1 heterocycles. The number of imidazole rings is 1. The minimum Gasteiger partial charge on any atom is -0.237 e. The molecule has 3 aromatic rings. The lowest BCUT2D eigenvalue weighted by Crippen LogP contribution is -2.31. The molecule has 0 amide bonds. The van der Waals surface area contributed by atoms with Crippen LogP contribution in [0.3, 0.4) is 0 Å². The van der Waals surface area contributed by atoms with Gasteiger partial charge < -0.3 is 0 Å². The molecule has 2 nitrogen and oxygen atoms in total. The van der Waals surface area contributed by atoms with Crippen molar-refractivity contribution in [3.63, 3.8) is 0 Å². The summed E-state index contributed by atoms with van der Waals surface area (Å²) in [7, 11) is 0. The maximum Gasteiger partial charge on any atom is 0.244 e. The first-order valence-corrected chi connectivity index (χ1v) is 8.05. The second kappa shape index (κ2) is 7.08. The first kappa shape index (κ1) is 14.6. The topological polar surface area (TPSA) is 8.81 Å². The molecule has 0 unspecified atom stereocenters. The van der Waals surface area contributed by atoms with Gasteiger partial charge in [0, 0.05) is 11.1 Å². The Morgan fingerprint density at radius 1 is 0.909 bits per heavy atom. The van der Waals surface area contributed by atoms with Crippen LogP contribution < -0.4 is 4.57 Å². The van der Waals surface area contributed by atoms with E-state index in [-0.39, 0.29) is 6.04 Å². The Morgan fingerprint density at radius 2 is 1.50 bits per heavy atom. The van der Waals surface area contributed by atoms with Gasteiger partial charge in [0.1, 0.15) is 12.4 Å². The highest BCUT2D eigenvalue weighted by Gasteiger charge is 2.20. The van der Waals surface area contributed by atoms with Crippen LogP contribution in [0.2, 0.25) is 0 Å². The molecule has 0 N–H and O–H groups in total. The fraction of sp³-hybridized carbons (Fsp3) is 0.250. The molecule has 0 aliphatic rings. The van der Waals surface area contributed by atoms with Crippen LogP contribution in [0.4, 0.5) is 0 Å². The lowest BCUT2D eigenvalue weighted by atomic mass is 9.99. The largest absolute Gasteiger partial charge is 0.244 e. The van der Waals surface area contributed by atoms with Gasteiger partial charge in [-0.3, -0.25) is 0 Å². The van der Waals surface area contributed by atoms with Gasteiger partial charge in [0.15, 0.2) is 6.04 Å². The van der Waals surface area contributed by atoms with Crippen molar-refractivity contribution in [3.05, 3.63) is 90.5 Å². The van der Waals surface area contributed by atoms with Gasteiger partial charge in [-0.15, -0.1) is 0 Å². The minimum absolute atomic E-state index is 0.227. The molecule has 2 aromatic carbocycles. The highest BCUT2D eigenvalue weighted by Crippen LogP contribution is 2.25. The maximum atomic E-state index is 2.31. The average Bonchev–Trinajstić information content (AvgIpc) is 3.04. The molecule has 0 aliphatic heterocycles. The summed E-state index contributed by atoms with van der Waals surface area (Å²) in [5, 5.41) is 0. The first-order valence-electron chi connectivity index (χ1n) is 8.05. The second-order valence-corrected chi connectivity index (χ2v) is 5.68. The molecule has 0 aliphatic carbocycles. The number of aryl methyl sites for hydroxylation is 1. The molecule has 3 rings (SSSR count). The van der Waals surface area contributed by atoms with Crippen LogP contribution in [0.25, 0.3) is 0 Å². The van der Waals surface area contributed by atoms with Crippen LogP contribution in [-0.2, 0) is 6.54 Å². The van der Waals surface area contributed by atoms with Crippen molar-refractivity contribution in [2.75, 3.05) is 0 Å². The summed E-state index contributed by atoms with van der Waals surface area (Å²) in [6, 6.07) is 21.6. The predicted octanol–water partition coefficient (Wildman–Crippen LogP) is 4.21. The number of hydrogen-bond acceptors (Lipinski definition) is 0. The Hall–Kier alpha value is -2.35. The van der Waals surface area contributed by atoms with E-state index in [4.69, 9.17) is 0 Å². The Labute approximate surface area is 132 Å². The van der Waals surface area contributed by atoms with Gasteiger partial charge in [-0.2, -0.15) is 0 Å². The van der Waals surface area contributed by atoms with E-state index in [0.717, 1.165) is 6.54 Å². The van der Waals surface area contributed by atoms with Gasteiger partial charge in [-0.25, -0.2) is 9.13 Å². The van der Waals surface area contributed by atoms with E-state index >= 15 is 0 Å². The van der Waals surface area contributed by atoms with Crippen molar-refractivity contribution in [1.29, 1.82) is 0 Å². The molecule has 0 atom stereocenters.